The lowest BCUT2D eigenvalue weighted by molar-refractivity contribution is -0.247. The number of carbonyl (C=O) groups excluding carboxylic acids is 4. The summed E-state index contributed by atoms with van der Waals surface area (Å²) in [6.45, 7) is 6.01. The molecule has 1 amide bonds. The highest BCUT2D eigenvalue weighted by Gasteiger charge is 2.49. The summed E-state index contributed by atoms with van der Waals surface area (Å²) in [7, 11) is 3.16. The normalized spacial score (nSPS) is 26.4. The molecular weight excluding hydrogens is 833 g/mol. The molecule has 19 heteroatoms. The van der Waals surface area contributed by atoms with Gasteiger partial charge < -0.3 is 65.4 Å². The van der Waals surface area contributed by atoms with Crippen LogP contribution in [0.2, 0.25) is 0 Å². The van der Waals surface area contributed by atoms with Gasteiger partial charge in [-0.3, -0.25) is 19.2 Å². The van der Waals surface area contributed by atoms with Crippen molar-refractivity contribution in [3.63, 3.8) is 0 Å². The second-order valence-electron chi connectivity index (χ2n) is 16.7. The number of Topliss-reactive ketones (excluding diaryl/α,β-unsaturated/α-hetero) is 1. The third kappa shape index (κ3) is 7.96. The highest BCUT2D eigenvalue weighted by molar-refractivity contribution is 6.30. The Labute approximate surface area is 367 Å². The largest absolute Gasteiger partial charge is 0.507 e. The van der Waals surface area contributed by atoms with Crippen molar-refractivity contribution in [2.24, 2.45) is 5.73 Å². The zero-order valence-electron chi connectivity index (χ0n) is 35.9. The summed E-state index contributed by atoms with van der Waals surface area (Å²) >= 11 is 0. The van der Waals surface area contributed by atoms with E-state index in [-0.39, 0.29) is 58.2 Å². The van der Waals surface area contributed by atoms with E-state index in [1.54, 1.807) is 45.4 Å². The number of nitrogens with zero attached hydrogens (tertiary/aromatic N) is 4. The Morgan fingerprint density at radius 3 is 2.19 bits per heavy atom. The average molecular weight is 885 g/mol. The van der Waals surface area contributed by atoms with Crippen LogP contribution in [0.3, 0.4) is 0 Å². The molecule has 19 nitrogen and oxygen atoms in total. The molecule has 1 aromatic heterocycles. The molecule has 4 heterocycles. The van der Waals surface area contributed by atoms with Crippen molar-refractivity contribution in [3.8, 4) is 23.0 Å². The zero-order chi connectivity index (χ0) is 45.8. The van der Waals surface area contributed by atoms with Crippen molar-refractivity contribution in [1.29, 1.82) is 0 Å². The van der Waals surface area contributed by atoms with Crippen LogP contribution in [0.15, 0.2) is 36.4 Å². The van der Waals surface area contributed by atoms with E-state index < -0.39 is 71.5 Å². The summed E-state index contributed by atoms with van der Waals surface area (Å²) < 4.78 is 28.0. The Morgan fingerprint density at radius 1 is 0.953 bits per heavy atom. The molecule has 0 bridgehead atoms. The lowest BCUT2D eigenvalue weighted by Crippen LogP contribution is -2.52. The van der Waals surface area contributed by atoms with E-state index in [0.29, 0.717) is 67.0 Å². The lowest BCUT2D eigenvalue weighted by atomic mass is 9.72. The number of rotatable bonds is 7. The number of hydrogen-bond acceptors (Lipinski definition) is 18. The number of ether oxygens (including phenoxy) is 5. The van der Waals surface area contributed by atoms with E-state index in [1.165, 1.54) is 19.1 Å². The number of carbonyl (C=O) groups is 4. The molecule has 1 unspecified atom stereocenters. The third-order valence-electron chi connectivity index (χ3n) is 12.8. The number of hydrogen-bond donors (Lipinski definition) is 6. The average Bonchev–Trinajstić information content (AvgIpc) is 3.83. The Hall–Kier alpha value is -5.96. The summed E-state index contributed by atoms with van der Waals surface area (Å²) in [5.74, 6) is -0.850. The number of nitrogens with two attached hydrogens (primary N) is 2. The highest BCUT2D eigenvalue weighted by Crippen LogP contribution is 2.52. The minimum atomic E-state index is -1.97. The van der Waals surface area contributed by atoms with Crippen molar-refractivity contribution in [3.05, 3.63) is 69.8 Å². The second kappa shape index (κ2) is 17.5. The molecule has 5 aliphatic rings. The van der Waals surface area contributed by atoms with Crippen molar-refractivity contribution in [2.75, 3.05) is 57.6 Å². The van der Waals surface area contributed by atoms with Crippen LogP contribution in [0.4, 0.5) is 11.8 Å². The fourth-order valence-corrected chi connectivity index (χ4v) is 9.13. The van der Waals surface area contributed by atoms with Gasteiger partial charge in [0, 0.05) is 91.8 Å². The SMILES string of the molecule is CC(=O)[C@]1(O)Cc2c(O)c3c(c(O)c2[C@@H](O[C@H]2C[C@H](N)[C@H](O)[C@H](C)O2)C1)C(=O)c1ccccc1C3=O.COc1cc2nc(N3CCN(C(=O)C4CCCO4)CC3)nc(N)c2cc1OC. The molecule has 9 rings (SSSR count). The van der Waals surface area contributed by atoms with E-state index in [4.69, 9.17) is 35.2 Å². The molecule has 3 aromatic carbocycles. The molecule has 2 aliphatic carbocycles. The molecule has 64 heavy (non-hydrogen) atoms. The number of methoxy groups -OCH3 is 2. The van der Waals surface area contributed by atoms with Crippen LogP contribution in [0.25, 0.3) is 10.9 Å². The number of anilines is 2. The Morgan fingerprint density at radius 2 is 1.59 bits per heavy atom. The molecular formula is C45H52N6O13. The number of amides is 1. The molecule has 3 saturated heterocycles. The van der Waals surface area contributed by atoms with Crippen LogP contribution in [-0.2, 0) is 30.2 Å². The standard InChI is InChI=1S/C26H27NO9.C19H25N5O4/c1-10-21(29)15(27)7-17(35-10)36-16-9-26(34,11(2)28)8-14-18(16)25(33)20-19(24(14)32)22(30)12-5-3-4-6-13(12)23(20)31;1-26-15-10-12-13(11-16(15)27-2)21-19(22-17(12)20)24-7-5-23(6-8-24)18(25)14-4-3-9-28-14/h3-6,10,15-17,21,29,32-34H,7-9,27H2,1-2H3;10-11,14H,3-9H2,1-2H3,(H2,20,21,22)/t10-,15-,16-,17-,21+,26-;/m0./s1. The maximum atomic E-state index is 13.3. The number of phenolic OH excluding ortho intramolecular Hbond substituents is 2. The van der Waals surface area contributed by atoms with Crippen molar-refractivity contribution >= 4 is 45.9 Å². The molecule has 7 atom stereocenters. The number of aromatic nitrogens is 2. The van der Waals surface area contributed by atoms with E-state index in [2.05, 4.69) is 9.97 Å². The Bertz CT molecular complexity index is 2510. The van der Waals surface area contributed by atoms with Gasteiger partial charge in [0.15, 0.2) is 35.1 Å². The summed E-state index contributed by atoms with van der Waals surface area (Å²) in [5, 5.41) is 44.5. The predicted molar refractivity (Wildman–Crippen MR) is 229 cm³/mol. The number of aliphatic hydroxyl groups excluding tert-OH is 1. The molecule has 0 spiro atoms. The number of aromatic hydroxyl groups is 2. The van der Waals surface area contributed by atoms with E-state index in [1.807, 2.05) is 9.80 Å². The van der Waals surface area contributed by atoms with Crippen molar-refractivity contribution in [1.82, 2.24) is 14.9 Å². The van der Waals surface area contributed by atoms with Crippen LogP contribution in [0.5, 0.6) is 23.0 Å². The maximum absolute atomic E-state index is 13.3. The van der Waals surface area contributed by atoms with Gasteiger partial charge in [0.2, 0.25) is 5.95 Å². The fraction of sp³-hybridized carbons (Fsp3) is 0.467. The molecule has 3 aliphatic heterocycles. The van der Waals surface area contributed by atoms with Gasteiger partial charge in [-0.25, -0.2) is 4.98 Å². The fourth-order valence-electron chi connectivity index (χ4n) is 9.13. The van der Waals surface area contributed by atoms with Gasteiger partial charge in [-0.15, -0.1) is 0 Å². The summed E-state index contributed by atoms with van der Waals surface area (Å²) in [5.41, 5.74) is 10.3. The number of fused-ring (bicyclic) bond motifs is 4. The highest BCUT2D eigenvalue weighted by atomic mass is 16.7. The van der Waals surface area contributed by atoms with Crippen molar-refractivity contribution in [2.45, 2.75) is 88.3 Å². The summed E-state index contributed by atoms with van der Waals surface area (Å²) in [6, 6.07) is 8.98. The Balaban J connectivity index is 0.000000181. The van der Waals surface area contributed by atoms with Crippen LogP contribution in [0.1, 0.15) is 88.6 Å². The number of piperazine rings is 1. The second-order valence-corrected chi connectivity index (χ2v) is 16.7. The van der Waals surface area contributed by atoms with Gasteiger partial charge in [0.1, 0.15) is 29.0 Å². The third-order valence-corrected chi connectivity index (χ3v) is 12.8. The number of ketones is 3. The quantitative estimate of drug-likeness (QED) is 0.128. The van der Waals surface area contributed by atoms with Gasteiger partial charge in [-0.05, 0) is 32.8 Å². The van der Waals surface area contributed by atoms with Crippen LogP contribution < -0.4 is 25.8 Å². The number of nitrogen functional groups attached to an aromatic ring is 1. The van der Waals surface area contributed by atoms with Crippen LogP contribution >= 0.6 is 0 Å². The van der Waals surface area contributed by atoms with Gasteiger partial charge in [0.05, 0.1) is 49.2 Å². The van der Waals surface area contributed by atoms with Gasteiger partial charge in [0.25, 0.3) is 5.91 Å². The predicted octanol–water partition coefficient (Wildman–Crippen LogP) is 2.08. The minimum Gasteiger partial charge on any atom is -0.507 e. The molecule has 0 saturated carbocycles. The first kappa shape index (κ1) is 44.6. The summed E-state index contributed by atoms with van der Waals surface area (Å²) in [4.78, 5) is 64.6. The first-order valence-electron chi connectivity index (χ1n) is 21.2. The minimum absolute atomic E-state index is 0.00588. The molecule has 4 aromatic rings. The number of aliphatic hydroxyl groups is 2. The first-order valence-corrected chi connectivity index (χ1v) is 21.2. The van der Waals surface area contributed by atoms with Crippen molar-refractivity contribution < 1.29 is 63.3 Å². The molecule has 8 N–H and O–H groups in total. The topological polar surface area (TPSA) is 280 Å². The van der Waals surface area contributed by atoms with Crippen LogP contribution in [0, 0.1) is 0 Å². The zero-order valence-corrected chi connectivity index (χ0v) is 35.9. The van der Waals surface area contributed by atoms with E-state index in [9.17, 15) is 39.6 Å². The van der Waals surface area contributed by atoms with Gasteiger partial charge in [-0.1, -0.05) is 24.3 Å². The maximum Gasteiger partial charge on any atom is 0.251 e. The number of benzene rings is 3. The monoisotopic (exact) mass is 884 g/mol. The van der Waals surface area contributed by atoms with Gasteiger partial charge >= 0.3 is 0 Å². The summed E-state index contributed by atoms with van der Waals surface area (Å²) in [6.07, 6.45) is -2.89. The molecule has 340 valence electrons. The van der Waals surface area contributed by atoms with Gasteiger partial charge in [-0.2, -0.15) is 4.98 Å². The smallest absolute Gasteiger partial charge is 0.251 e. The Kier molecular flexibility index (Phi) is 12.2. The lowest BCUT2D eigenvalue weighted by Gasteiger charge is -2.42. The van der Waals surface area contributed by atoms with E-state index >= 15 is 0 Å². The molecule has 3 fully saturated rings. The number of phenols is 2. The molecule has 0 radical (unpaired) electrons. The van der Waals surface area contributed by atoms with Crippen LogP contribution in [-0.4, -0.2) is 142 Å². The van der Waals surface area contributed by atoms with E-state index in [0.717, 1.165) is 12.8 Å². The first-order chi connectivity index (χ1) is 30.5.